The molecule has 0 fully saturated rings. The highest BCUT2D eigenvalue weighted by molar-refractivity contribution is 6.31. The molecular formula is C15H12ClNO. The van der Waals surface area contributed by atoms with Gasteiger partial charge in [0.25, 0.3) is 0 Å². The third kappa shape index (κ3) is 3.03. The van der Waals surface area contributed by atoms with Crippen LogP contribution in [-0.4, -0.2) is 0 Å². The molecule has 2 rings (SSSR count). The number of aryl methyl sites for hydroxylation is 1. The SMILES string of the molecule is Cc1ccc(OCc2ccc(C#N)cc2Cl)cc1. The Morgan fingerprint density at radius 1 is 1.17 bits per heavy atom. The summed E-state index contributed by atoms with van der Waals surface area (Å²) >= 11 is 6.07. The molecule has 0 saturated heterocycles. The lowest BCUT2D eigenvalue weighted by atomic mass is 10.1. The van der Waals surface area contributed by atoms with Gasteiger partial charge in [0, 0.05) is 10.6 Å². The lowest BCUT2D eigenvalue weighted by Gasteiger charge is -2.08. The molecule has 0 aromatic heterocycles. The van der Waals surface area contributed by atoms with E-state index in [-0.39, 0.29) is 0 Å². The number of benzene rings is 2. The monoisotopic (exact) mass is 257 g/mol. The Kier molecular flexibility index (Phi) is 3.86. The van der Waals surface area contributed by atoms with E-state index < -0.39 is 0 Å². The summed E-state index contributed by atoms with van der Waals surface area (Å²) in [5.74, 6) is 0.807. The number of rotatable bonds is 3. The first-order valence-electron chi connectivity index (χ1n) is 5.57. The standard InChI is InChI=1S/C15H12ClNO/c1-11-2-6-14(7-3-11)18-10-13-5-4-12(9-17)8-15(13)16/h2-8H,10H2,1H3. The van der Waals surface area contributed by atoms with Crippen LogP contribution in [0.15, 0.2) is 42.5 Å². The minimum atomic E-state index is 0.396. The molecule has 0 radical (unpaired) electrons. The van der Waals surface area contributed by atoms with Crippen molar-refractivity contribution in [3.8, 4) is 11.8 Å². The van der Waals surface area contributed by atoms with Gasteiger partial charge in [-0.1, -0.05) is 35.4 Å². The maximum Gasteiger partial charge on any atom is 0.119 e. The number of nitrogens with zero attached hydrogens (tertiary/aromatic N) is 1. The van der Waals surface area contributed by atoms with Gasteiger partial charge in [0.1, 0.15) is 12.4 Å². The van der Waals surface area contributed by atoms with E-state index in [2.05, 4.69) is 0 Å². The predicted molar refractivity (Wildman–Crippen MR) is 71.7 cm³/mol. The van der Waals surface area contributed by atoms with Gasteiger partial charge in [0.15, 0.2) is 0 Å². The van der Waals surface area contributed by atoms with Crippen LogP contribution in [0.4, 0.5) is 0 Å². The molecule has 0 saturated carbocycles. The van der Waals surface area contributed by atoms with Gasteiger partial charge in [-0.2, -0.15) is 5.26 Å². The molecule has 2 aromatic rings. The Balaban J connectivity index is 2.06. The predicted octanol–water partition coefficient (Wildman–Crippen LogP) is 4.10. The smallest absolute Gasteiger partial charge is 0.119 e. The van der Waals surface area contributed by atoms with Gasteiger partial charge in [-0.25, -0.2) is 0 Å². The van der Waals surface area contributed by atoms with E-state index in [1.165, 1.54) is 5.56 Å². The molecule has 0 amide bonds. The van der Waals surface area contributed by atoms with E-state index in [4.69, 9.17) is 21.6 Å². The quantitative estimate of drug-likeness (QED) is 0.829. The van der Waals surface area contributed by atoms with E-state index in [9.17, 15) is 0 Å². The summed E-state index contributed by atoms with van der Waals surface area (Å²) in [4.78, 5) is 0. The van der Waals surface area contributed by atoms with E-state index >= 15 is 0 Å². The van der Waals surface area contributed by atoms with Crippen LogP contribution in [-0.2, 0) is 6.61 Å². The minimum Gasteiger partial charge on any atom is -0.489 e. The van der Waals surface area contributed by atoms with Crippen LogP contribution in [0, 0.1) is 18.3 Å². The largest absolute Gasteiger partial charge is 0.489 e. The zero-order valence-electron chi connectivity index (χ0n) is 9.98. The first-order chi connectivity index (χ1) is 8.69. The van der Waals surface area contributed by atoms with Crippen LogP contribution in [0.5, 0.6) is 5.75 Å². The highest BCUT2D eigenvalue weighted by Crippen LogP contribution is 2.20. The molecule has 90 valence electrons. The second kappa shape index (κ2) is 5.57. The number of hydrogen-bond acceptors (Lipinski definition) is 2. The summed E-state index contributed by atoms with van der Waals surface area (Å²) in [6.45, 7) is 2.43. The first kappa shape index (κ1) is 12.5. The number of hydrogen-bond donors (Lipinski definition) is 0. The van der Waals surface area contributed by atoms with Crippen molar-refractivity contribution in [2.75, 3.05) is 0 Å². The summed E-state index contributed by atoms with van der Waals surface area (Å²) in [6, 6.07) is 15.1. The number of halogens is 1. The highest BCUT2D eigenvalue weighted by Gasteiger charge is 2.03. The van der Waals surface area contributed by atoms with Crippen molar-refractivity contribution in [3.05, 3.63) is 64.2 Å². The van der Waals surface area contributed by atoms with Crippen molar-refractivity contribution in [1.82, 2.24) is 0 Å². The topological polar surface area (TPSA) is 33.0 Å². The van der Waals surface area contributed by atoms with Crippen LogP contribution >= 0.6 is 11.6 Å². The molecule has 0 N–H and O–H groups in total. The van der Waals surface area contributed by atoms with E-state index in [1.54, 1.807) is 12.1 Å². The van der Waals surface area contributed by atoms with Gasteiger partial charge < -0.3 is 4.74 Å². The van der Waals surface area contributed by atoms with E-state index in [0.29, 0.717) is 17.2 Å². The van der Waals surface area contributed by atoms with Crippen LogP contribution < -0.4 is 4.74 Å². The molecule has 18 heavy (non-hydrogen) atoms. The van der Waals surface area contributed by atoms with Crippen molar-refractivity contribution >= 4 is 11.6 Å². The Bertz CT molecular complexity index is 584. The van der Waals surface area contributed by atoms with Gasteiger partial charge in [0.2, 0.25) is 0 Å². The van der Waals surface area contributed by atoms with E-state index in [1.807, 2.05) is 43.3 Å². The minimum absolute atomic E-state index is 0.396. The first-order valence-corrected chi connectivity index (χ1v) is 5.95. The molecule has 0 atom stereocenters. The van der Waals surface area contributed by atoms with Gasteiger partial charge in [-0.3, -0.25) is 0 Å². The molecule has 0 aliphatic rings. The fourth-order valence-corrected chi connectivity index (χ4v) is 1.76. The lowest BCUT2D eigenvalue weighted by molar-refractivity contribution is 0.306. The normalized spacial score (nSPS) is 9.83. The summed E-state index contributed by atoms with van der Waals surface area (Å²) < 4.78 is 5.63. The summed E-state index contributed by atoms with van der Waals surface area (Å²) in [5, 5.41) is 9.30. The van der Waals surface area contributed by atoms with Crippen LogP contribution in [0.3, 0.4) is 0 Å². The molecule has 2 aromatic carbocycles. The zero-order chi connectivity index (χ0) is 13.0. The fraction of sp³-hybridized carbons (Fsp3) is 0.133. The van der Waals surface area contributed by atoms with Crippen molar-refractivity contribution in [1.29, 1.82) is 5.26 Å². The molecule has 2 nitrogen and oxygen atoms in total. The second-order valence-electron chi connectivity index (χ2n) is 4.02. The molecule has 0 heterocycles. The van der Waals surface area contributed by atoms with E-state index in [0.717, 1.165) is 11.3 Å². The third-order valence-electron chi connectivity index (χ3n) is 2.60. The average Bonchev–Trinajstić information content (AvgIpc) is 2.39. The summed E-state index contributed by atoms with van der Waals surface area (Å²) in [6.07, 6.45) is 0. The van der Waals surface area contributed by atoms with Gasteiger partial charge in [-0.15, -0.1) is 0 Å². The van der Waals surface area contributed by atoms with Crippen LogP contribution in [0.25, 0.3) is 0 Å². The van der Waals surface area contributed by atoms with Crippen LogP contribution in [0.1, 0.15) is 16.7 Å². The van der Waals surface area contributed by atoms with Gasteiger partial charge in [0.05, 0.1) is 11.6 Å². The number of nitriles is 1. The molecule has 0 spiro atoms. The third-order valence-corrected chi connectivity index (χ3v) is 2.95. The average molecular weight is 258 g/mol. The molecular weight excluding hydrogens is 246 g/mol. The van der Waals surface area contributed by atoms with Gasteiger partial charge >= 0.3 is 0 Å². The molecule has 0 unspecified atom stereocenters. The summed E-state index contributed by atoms with van der Waals surface area (Å²) in [5.41, 5.74) is 2.62. The van der Waals surface area contributed by atoms with Crippen LogP contribution in [0.2, 0.25) is 5.02 Å². The molecule has 0 aliphatic heterocycles. The zero-order valence-corrected chi connectivity index (χ0v) is 10.7. The molecule has 3 heteroatoms. The van der Waals surface area contributed by atoms with Crippen molar-refractivity contribution in [3.63, 3.8) is 0 Å². The van der Waals surface area contributed by atoms with Crippen molar-refractivity contribution in [2.45, 2.75) is 13.5 Å². The summed E-state index contributed by atoms with van der Waals surface area (Å²) in [7, 11) is 0. The highest BCUT2D eigenvalue weighted by atomic mass is 35.5. The maximum atomic E-state index is 8.75. The Labute approximate surface area is 111 Å². The second-order valence-corrected chi connectivity index (χ2v) is 4.43. The van der Waals surface area contributed by atoms with Crippen molar-refractivity contribution in [2.24, 2.45) is 0 Å². The molecule has 0 bridgehead atoms. The Morgan fingerprint density at radius 2 is 1.89 bits per heavy atom. The van der Waals surface area contributed by atoms with Crippen molar-refractivity contribution < 1.29 is 4.74 Å². The maximum absolute atomic E-state index is 8.75. The Hall–Kier alpha value is -1.98. The van der Waals surface area contributed by atoms with Gasteiger partial charge in [-0.05, 0) is 31.2 Å². The fourth-order valence-electron chi connectivity index (χ4n) is 1.53. The Morgan fingerprint density at radius 3 is 2.50 bits per heavy atom. The number of ether oxygens (including phenoxy) is 1. The molecule has 0 aliphatic carbocycles. The lowest BCUT2D eigenvalue weighted by Crippen LogP contribution is -1.96.